The molecule has 4 N–H and O–H groups in total. The summed E-state index contributed by atoms with van der Waals surface area (Å²) >= 11 is 0. The number of hydrogen-bond acceptors (Lipinski definition) is 13. The summed E-state index contributed by atoms with van der Waals surface area (Å²) in [6.07, 6.45) is -0.179. The number of nitrogens with zero attached hydrogens (tertiary/aromatic N) is 5. The molecule has 3 aliphatic heterocycles. The van der Waals surface area contributed by atoms with Crippen molar-refractivity contribution in [1.29, 1.82) is 0 Å². The van der Waals surface area contributed by atoms with Gasteiger partial charge >= 0.3 is 13.1 Å². The highest BCUT2D eigenvalue weighted by atomic mass is 16.7. The van der Waals surface area contributed by atoms with Gasteiger partial charge in [0.25, 0.3) is 5.91 Å². The Hall–Kier alpha value is -6.39. The fourth-order valence-electron chi connectivity index (χ4n) is 12.2. The molecule has 88 heavy (non-hydrogen) atoms. The van der Waals surface area contributed by atoms with Crippen LogP contribution in [0.3, 0.4) is 0 Å². The first kappa shape index (κ1) is 72.4. The van der Waals surface area contributed by atoms with Gasteiger partial charge in [-0.25, -0.2) is 4.79 Å². The Balaban J connectivity index is 1.73. The molecule has 22 heteroatoms. The third-order valence-electron chi connectivity index (χ3n) is 18.4. The van der Waals surface area contributed by atoms with E-state index >= 15 is 24.0 Å². The van der Waals surface area contributed by atoms with Gasteiger partial charge in [0, 0.05) is 53.5 Å². The molecule has 0 radical (unpaired) electrons. The van der Waals surface area contributed by atoms with E-state index in [9.17, 15) is 24.3 Å². The Morgan fingerprint density at radius 3 is 1.66 bits per heavy atom. The van der Waals surface area contributed by atoms with Crippen molar-refractivity contribution in [3.05, 3.63) is 65.7 Å². The largest absolute Gasteiger partial charge is 0.494 e. The van der Waals surface area contributed by atoms with Crippen LogP contribution in [0.1, 0.15) is 154 Å². The van der Waals surface area contributed by atoms with Crippen molar-refractivity contribution in [3.63, 3.8) is 0 Å². The SMILES string of the molecule is CC[C@H](C)[C@@H]1NC(=O)[C@@H]2CCCN2C(=O)[C@H](Cc2cccc(B3OC(C)(C)C(C)(C)O3)c2)N(C)C(=O)[C@H](Cc2ccccc2)NC(=O)[C@H](C(C)C)N(C)C(=O)[C@@H]([C@@H](C)CC)OC(=O)[C@H](C(C)(C)O)N(C)C(=O)[C@H](CC(C)C)NC(=O)[C@H](C(C)C)N(C)C1=O. The van der Waals surface area contributed by atoms with Crippen LogP contribution < -0.4 is 21.4 Å². The number of likely N-dealkylation sites (N-methyl/N-ethyl adjacent to an activating group) is 4. The van der Waals surface area contributed by atoms with Crippen LogP contribution in [-0.4, -0.2) is 196 Å². The van der Waals surface area contributed by atoms with E-state index in [0.29, 0.717) is 35.9 Å². The number of carbonyl (C=O) groups is 9. The molecule has 3 heterocycles. The molecule has 21 nitrogen and oxygen atoms in total. The fraction of sp³-hybridized carbons (Fsp3) is 0.682. The van der Waals surface area contributed by atoms with Crippen molar-refractivity contribution in [2.24, 2.45) is 29.6 Å². The molecule has 8 amide bonds. The number of hydrogen-bond donors (Lipinski definition) is 4. The maximum absolute atomic E-state index is 15.7. The van der Waals surface area contributed by atoms with Gasteiger partial charge in [0.15, 0.2) is 12.1 Å². The predicted molar refractivity (Wildman–Crippen MR) is 337 cm³/mol. The lowest BCUT2D eigenvalue weighted by molar-refractivity contribution is -0.177. The molecule has 0 aromatic heterocycles. The second-order valence-corrected chi connectivity index (χ2v) is 27.5. The smallest absolute Gasteiger partial charge is 0.450 e. The van der Waals surface area contributed by atoms with Crippen LogP contribution >= 0.6 is 0 Å². The van der Waals surface area contributed by atoms with Gasteiger partial charge < -0.3 is 59.6 Å². The number of esters is 1. The molecular formula is C66H103BN8O13. The van der Waals surface area contributed by atoms with Crippen LogP contribution in [0, 0.1) is 29.6 Å². The van der Waals surface area contributed by atoms with Gasteiger partial charge in [0.2, 0.25) is 41.4 Å². The monoisotopic (exact) mass is 1230 g/mol. The zero-order valence-corrected chi connectivity index (χ0v) is 56.1. The highest BCUT2D eigenvalue weighted by molar-refractivity contribution is 6.62. The lowest BCUT2D eigenvalue weighted by Gasteiger charge is -2.39. The summed E-state index contributed by atoms with van der Waals surface area (Å²) in [4.78, 5) is 142. The van der Waals surface area contributed by atoms with E-state index in [0.717, 1.165) is 4.90 Å². The van der Waals surface area contributed by atoms with E-state index in [1.807, 2.05) is 78.8 Å². The molecule has 0 unspecified atom stereocenters. The number of cyclic esters (lactones) is 1. The summed E-state index contributed by atoms with van der Waals surface area (Å²) in [6.45, 7) is 28.4. The molecule has 5 rings (SSSR count). The minimum atomic E-state index is -1.99. The van der Waals surface area contributed by atoms with Gasteiger partial charge in [0.05, 0.1) is 16.8 Å². The number of carbonyl (C=O) groups excluding carboxylic acids is 9. The molecule has 0 bridgehead atoms. The highest BCUT2D eigenvalue weighted by Gasteiger charge is 2.53. The van der Waals surface area contributed by atoms with Crippen molar-refractivity contribution in [2.75, 3.05) is 34.7 Å². The van der Waals surface area contributed by atoms with E-state index in [-0.39, 0.29) is 38.1 Å². The van der Waals surface area contributed by atoms with E-state index in [1.54, 1.807) is 72.7 Å². The zero-order chi connectivity index (χ0) is 66.2. The Morgan fingerprint density at radius 2 is 1.14 bits per heavy atom. The summed E-state index contributed by atoms with van der Waals surface area (Å²) in [5, 5.41) is 20.6. The number of amides is 8. The number of benzene rings is 2. The van der Waals surface area contributed by atoms with Gasteiger partial charge in [-0.15, -0.1) is 0 Å². The second-order valence-electron chi connectivity index (χ2n) is 27.5. The third kappa shape index (κ3) is 16.9. The number of aliphatic hydroxyl groups is 1. The summed E-state index contributed by atoms with van der Waals surface area (Å²) in [6, 6.07) is 5.99. The second kappa shape index (κ2) is 30.0. The van der Waals surface area contributed by atoms with Crippen LogP contribution in [0.15, 0.2) is 54.6 Å². The quantitative estimate of drug-likeness (QED) is 0.148. The van der Waals surface area contributed by atoms with E-state index < -0.39 is 155 Å². The topological polar surface area (TPSA) is 254 Å². The summed E-state index contributed by atoms with van der Waals surface area (Å²) in [7, 11) is 4.90. The van der Waals surface area contributed by atoms with Crippen LogP contribution in [0.2, 0.25) is 0 Å². The molecule has 11 atom stereocenters. The Morgan fingerprint density at radius 1 is 0.614 bits per heavy atom. The number of fused-ring (bicyclic) bond motifs is 1. The fourth-order valence-corrected chi connectivity index (χ4v) is 12.2. The maximum atomic E-state index is 15.7. The van der Waals surface area contributed by atoms with Gasteiger partial charge in [-0.2, -0.15) is 0 Å². The first-order valence-electron chi connectivity index (χ1n) is 31.6. The van der Waals surface area contributed by atoms with Gasteiger partial charge in [-0.3, -0.25) is 38.4 Å². The van der Waals surface area contributed by atoms with Crippen LogP contribution in [0.5, 0.6) is 0 Å². The summed E-state index contributed by atoms with van der Waals surface area (Å²) < 4.78 is 19.0. The van der Waals surface area contributed by atoms with Crippen molar-refractivity contribution < 1.29 is 62.3 Å². The normalized spacial score (nSPS) is 27.2. The molecule has 3 saturated heterocycles. The van der Waals surface area contributed by atoms with Gasteiger partial charge in [-0.1, -0.05) is 130 Å². The van der Waals surface area contributed by atoms with Gasteiger partial charge in [-0.05, 0) is 107 Å². The predicted octanol–water partition coefficient (Wildman–Crippen LogP) is 4.67. The molecule has 0 aliphatic carbocycles. The highest BCUT2D eigenvalue weighted by Crippen LogP contribution is 2.37. The molecule has 0 saturated carbocycles. The third-order valence-corrected chi connectivity index (χ3v) is 18.4. The first-order valence-corrected chi connectivity index (χ1v) is 31.6. The van der Waals surface area contributed by atoms with Gasteiger partial charge in [0.1, 0.15) is 42.3 Å². The summed E-state index contributed by atoms with van der Waals surface area (Å²) in [5.74, 6) is -8.95. The van der Waals surface area contributed by atoms with Crippen molar-refractivity contribution in [2.45, 2.75) is 227 Å². The number of rotatable bonds is 14. The molecule has 2 aromatic rings. The Bertz CT molecular complexity index is 2790. The maximum Gasteiger partial charge on any atom is 0.494 e. The molecule has 3 aliphatic rings. The molecule has 2 aromatic carbocycles. The zero-order valence-electron chi connectivity index (χ0n) is 56.1. The summed E-state index contributed by atoms with van der Waals surface area (Å²) in [5.41, 5.74) is -1.33. The van der Waals surface area contributed by atoms with E-state index in [2.05, 4.69) is 16.0 Å². The van der Waals surface area contributed by atoms with Crippen LogP contribution in [0.4, 0.5) is 0 Å². The van der Waals surface area contributed by atoms with Crippen molar-refractivity contribution >= 4 is 65.8 Å². The molecule has 0 spiro atoms. The Kier molecular flexibility index (Phi) is 24.6. The lowest BCUT2D eigenvalue weighted by atomic mass is 9.78. The molecule has 488 valence electrons. The minimum Gasteiger partial charge on any atom is -0.450 e. The molecule has 3 fully saturated rings. The lowest BCUT2D eigenvalue weighted by Crippen LogP contribution is -2.63. The average molecular weight is 1230 g/mol. The van der Waals surface area contributed by atoms with Crippen molar-refractivity contribution in [1.82, 2.24) is 40.4 Å². The van der Waals surface area contributed by atoms with Crippen molar-refractivity contribution in [3.8, 4) is 0 Å². The Labute approximate surface area is 523 Å². The van der Waals surface area contributed by atoms with E-state index in [4.69, 9.17) is 14.0 Å². The molecular weight excluding hydrogens is 1120 g/mol. The van der Waals surface area contributed by atoms with E-state index in [1.165, 1.54) is 61.6 Å². The van der Waals surface area contributed by atoms with Crippen LogP contribution in [0.25, 0.3) is 0 Å². The minimum absolute atomic E-state index is 0.0424. The average Bonchev–Trinajstić information content (AvgIpc) is 3.38. The number of ether oxygens (including phenoxy) is 1. The number of nitrogens with one attached hydrogen (secondary N) is 3. The standard InChI is InChI=1S/C66H103BN8O13/c1-21-41(9)50-61(82)72(18)51(39(5)6)56(77)68-46(34-38(3)4)59(80)74(20)54(64(11,12)85)63(84)86-53(42(10)22-2)62(83)73(19)52(40(7)8)57(78)69-47(36-43-28-24-23-25-29-43)58(79)71(17)49(60(81)75-33-27-32-48(75)55(76)70-50)37-44-30-26-31-45(35-44)67-87-65(13,14)66(15,16)88-67/h23-26,28-31,35,38-42,46-54,85H,21-22,27,32-34,36-37H2,1-20H3,(H,68,77)(H,69,78)(H,70,76)/t41-,42-,46-,47-,48-,49-,50-,51-,52-,53+,54+/m0/s1. The van der Waals surface area contributed by atoms with Crippen LogP contribution in [-0.2, 0) is 70.0 Å². The first-order chi connectivity index (χ1) is 40.9.